The topological polar surface area (TPSA) is 65.7 Å². The first-order valence-electron chi connectivity index (χ1n) is 9.49. The maximum atomic E-state index is 12.5. The van der Waals surface area contributed by atoms with Crippen LogP contribution in [0.1, 0.15) is 35.6 Å². The van der Waals surface area contributed by atoms with Gasteiger partial charge in [0, 0.05) is 28.0 Å². The summed E-state index contributed by atoms with van der Waals surface area (Å²) in [5, 5.41) is 1.51. The number of esters is 1. The highest BCUT2D eigenvalue weighted by Gasteiger charge is 2.16. The second kappa shape index (κ2) is 9.14. The molecule has 152 valence electrons. The lowest BCUT2D eigenvalue weighted by Crippen LogP contribution is -2.14. The Labute approximate surface area is 174 Å². The van der Waals surface area contributed by atoms with E-state index in [4.69, 9.17) is 25.5 Å². The predicted octanol–water partition coefficient (Wildman–Crippen LogP) is 5.14. The molecule has 0 aliphatic carbocycles. The first-order chi connectivity index (χ1) is 13.9. The summed E-state index contributed by atoms with van der Waals surface area (Å²) in [4.78, 5) is 24.2. The average molecular weight is 415 g/mol. The van der Waals surface area contributed by atoms with Crippen molar-refractivity contribution in [2.75, 3.05) is 6.61 Å². The third-order valence-corrected chi connectivity index (χ3v) is 5.10. The molecule has 3 aromatic rings. The van der Waals surface area contributed by atoms with Crippen LogP contribution in [0.5, 0.6) is 5.75 Å². The van der Waals surface area contributed by atoms with Gasteiger partial charge in [-0.2, -0.15) is 0 Å². The zero-order chi connectivity index (χ0) is 21.0. The van der Waals surface area contributed by atoms with Crippen molar-refractivity contribution in [1.29, 1.82) is 0 Å². The highest BCUT2D eigenvalue weighted by molar-refractivity contribution is 6.30. The largest absolute Gasteiger partial charge is 0.488 e. The van der Waals surface area contributed by atoms with E-state index in [1.165, 1.54) is 0 Å². The summed E-state index contributed by atoms with van der Waals surface area (Å²) >= 11 is 5.91. The molecule has 0 aliphatic rings. The molecule has 5 nitrogen and oxygen atoms in total. The number of aryl methyl sites for hydroxylation is 2. The minimum absolute atomic E-state index is 0.145. The molecule has 0 atom stereocenters. The summed E-state index contributed by atoms with van der Waals surface area (Å²) in [6, 6.07) is 11.2. The summed E-state index contributed by atoms with van der Waals surface area (Å²) in [5.41, 5.74) is 3.13. The van der Waals surface area contributed by atoms with Gasteiger partial charge in [-0.05, 0) is 62.6 Å². The fourth-order valence-corrected chi connectivity index (χ4v) is 3.34. The summed E-state index contributed by atoms with van der Waals surface area (Å²) in [6.45, 7) is 6.18. The Morgan fingerprint density at radius 3 is 2.48 bits per heavy atom. The number of carbonyl (C=O) groups excluding carboxylic acids is 1. The van der Waals surface area contributed by atoms with Crippen molar-refractivity contribution in [2.24, 2.45) is 0 Å². The fraction of sp³-hybridized carbons (Fsp3) is 0.304. The van der Waals surface area contributed by atoms with Crippen molar-refractivity contribution in [2.45, 2.75) is 40.2 Å². The SMILES string of the molecule is CCOC(=O)CCc1c(C)c2ccc(OCc3ccc(Cl)cc3)c(C)c2oc1=O. The molecule has 0 aliphatic heterocycles. The molecule has 6 heteroatoms. The Bertz CT molecular complexity index is 1080. The lowest BCUT2D eigenvalue weighted by atomic mass is 10.0. The normalized spacial score (nSPS) is 10.9. The van der Waals surface area contributed by atoms with E-state index < -0.39 is 5.63 Å². The zero-order valence-electron chi connectivity index (χ0n) is 16.7. The monoisotopic (exact) mass is 414 g/mol. The molecule has 2 aromatic carbocycles. The maximum Gasteiger partial charge on any atom is 0.339 e. The van der Waals surface area contributed by atoms with Gasteiger partial charge in [-0.1, -0.05) is 23.7 Å². The minimum atomic E-state index is -0.433. The predicted molar refractivity (Wildman–Crippen MR) is 113 cm³/mol. The summed E-state index contributed by atoms with van der Waals surface area (Å²) in [6.07, 6.45) is 0.434. The molecule has 29 heavy (non-hydrogen) atoms. The summed E-state index contributed by atoms with van der Waals surface area (Å²) in [7, 11) is 0. The second-order valence-electron chi connectivity index (χ2n) is 6.78. The van der Waals surface area contributed by atoms with E-state index >= 15 is 0 Å². The smallest absolute Gasteiger partial charge is 0.339 e. The van der Waals surface area contributed by atoms with Crippen molar-refractivity contribution >= 4 is 28.5 Å². The number of benzene rings is 2. The Morgan fingerprint density at radius 1 is 1.07 bits per heavy atom. The molecule has 0 radical (unpaired) electrons. The summed E-state index contributed by atoms with van der Waals surface area (Å²) < 4.78 is 16.5. The number of carbonyl (C=O) groups is 1. The minimum Gasteiger partial charge on any atom is -0.488 e. The average Bonchev–Trinajstić information content (AvgIpc) is 2.69. The van der Waals surface area contributed by atoms with Gasteiger partial charge in [-0.3, -0.25) is 4.79 Å². The van der Waals surface area contributed by atoms with Gasteiger partial charge < -0.3 is 13.9 Å². The maximum absolute atomic E-state index is 12.5. The molecule has 0 fully saturated rings. The van der Waals surface area contributed by atoms with E-state index in [1.807, 2.05) is 50.2 Å². The van der Waals surface area contributed by atoms with Gasteiger partial charge in [0.1, 0.15) is 17.9 Å². The van der Waals surface area contributed by atoms with Crippen LogP contribution in [0.25, 0.3) is 11.0 Å². The van der Waals surface area contributed by atoms with Crippen molar-refractivity contribution in [3.63, 3.8) is 0 Å². The molecule has 0 bridgehead atoms. The molecule has 0 saturated heterocycles. The van der Waals surface area contributed by atoms with Crippen LogP contribution < -0.4 is 10.4 Å². The van der Waals surface area contributed by atoms with Gasteiger partial charge >= 0.3 is 11.6 Å². The lowest BCUT2D eigenvalue weighted by Gasteiger charge is -2.13. The summed E-state index contributed by atoms with van der Waals surface area (Å²) in [5.74, 6) is 0.322. The molecule has 0 spiro atoms. The Kier molecular flexibility index (Phi) is 6.60. The number of fused-ring (bicyclic) bond motifs is 1. The first-order valence-corrected chi connectivity index (χ1v) is 9.87. The van der Waals surface area contributed by atoms with Gasteiger partial charge in [-0.25, -0.2) is 4.79 Å². The fourth-order valence-electron chi connectivity index (χ4n) is 3.22. The van der Waals surface area contributed by atoms with Crippen molar-refractivity contribution in [1.82, 2.24) is 0 Å². The van der Waals surface area contributed by atoms with E-state index in [2.05, 4.69) is 0 Å². The molecular weight excluding hydrogens is 392 g/mol. The van der Waals surface area contributed by atoms with Crippen LogP contribution in [0.4, 0.5) is 0 Å². The van der Waals surface area contributed by atoms with E-state index in [0.717, 1.165) is 22.1 Å². The van der Waals surface area contributed by atoms with E-state index in [9.17, 15) is 9.59 Å². The number of hydrogen-bond acceptors (Lipinski definition) is 5. The van der Waals surface area contributed by atoms with Crippen molar-refractivity contribution in [3.8, 4) is 5.75 Å². The van der Waals surface area contributed by atoms with Crippen LogP contribution >= 0.6 is 11.6 Å². The third kappa shape index (κ3) is 4.80. The molecule has 1 aromatic heterocycles. The van der Waals surface area contributed by atoms with Crippen molar-refractivity contribution < 1.29 is 18.7 Å². The number of hydrogen-bond donors (Lipinski definition) is 0. The molecule has 0 unspecified atom stereocenters. The third-order valence-electron chi connectivity index (χ3n) is 4.85. The van der Waals surface area contributed by atoms with Gasteiger partial charge in [-0.15, -0.1) is 0 Å². The number of ether oxygens (including phenoxy) is 2. The van der Waals surface area contributed by atoms with E-state index in [-0.39, 0.29) is 18.8 Å². The molecule has 0 amide bonds. The molecular formula is C23H23ClO5. The zero-order valence-corrected chi connectivity index (χ0v) is 17.5. The number of halogens is 1. The van der Waals surface area contributed by atoms with Crippen LogP contribution in [-0.2, 0) is 22.6 Å². The van der Waals surface area contributed by atoms with Crippen LogP contribution in [0, 0.1) is 13.8 Å². The first kappa shape index (κ1) is 20.9. The van der Waals surface area contributed by atoms with E-state index in [0.29, 0.717) is 35.1 Å². The van der Waals surface area contributed by atoms with E-state index in [1.54, 1.807) is 6.92 Å². The lowest BCUT2D eigenvalue weighted by molar-refractivity contribution is -0.143. The molecule has 0 N–H and O–H groups in total. The van der Waals surface area contributed by atoms with Crippen LogP contribution in [0.15, 0.2) is 45.6 Å². The van der Waals surface area contributed by atoms with Crippen LogP contribution in [0.3, 0.4) is 0 Å². The second-order valence-corrected chi connectivity index (χ2v) is 7.22. The van der Waals surface area contributed by atoms with Gasteiger partial charge in [0.2, 0.25) is 0 Å². The Morgan fingerprint density at radius 2 is 1.79 bits per heavy atom. The Balaban J connectivity index is 1.86. The van der Waals surface area contributed by atoms with Gasteiger partial charge in [0.15, 0.2) is 0 Å². The number of rotatable bonds is 7. The molecule has 3 rings (SSSR count). The van der Waals surface area contributed by atoms with Crippen LogP contribution in [-0.4, -0.2) is 12.6 Å². The van der Waals surface area contributed by atoms with Gasteiger partial charge in [0.25, 0.3) is 0 Å². The highest BCUT2D eigenvalue weighted by Crippen LogP contribution is 2.30. The van der Waals surface area contributed by atoms with Crippen LogP contribution in [0.2, 0.25) is 5.02 Å². The highest BCUT2D eigenvalue weighted by atomic mass is 35.5. The Hall–Kier alpha value is -2.79. The molecule has 1 heterocycles. The quantitative estimate of drug-likeness (QED) is 0.395. The molecule has 0 saturated carbocycles. The van der Waals surface area contributed by atoms with Gasteiger partial charge in [0.05, 0.1) is 6.61 Å². The van der Waals surface area contributed by atoms with Crippen molar-refractivity contribution in [3.05, 3.63) is 74.1 Å². The standard InChI is InChI=1S/C23H23ClO5/c1-4-27-21(25)12-10-19-14(2)18-9-11-20(15(3)22(18)29-23(19)26)28-13-16-5-7-17(24)8-6-16/h5-9,11H,4,10,12-13H2,1-3H3.